The van der Waals surface area contributed by atoms with Crippen molar-refractivity contribution in [3.05, 3.63) is 29.8 Å². The first-order valence-corrected chi connectivity index (χ1v) is 9.87. The highest BCUT2D eigenvalue weighted by Crippen LogP contribution is 2.35. The monoisotopic (exact) mass is 390 g/mol. The maximum absolute atomic E-state index is 12.7. The number of methoxy groups -OCH3 is 1. The van der Waals surface area contributed by atoms with Gasteiger partial charge in [-0.3, -0.25) is 9.59 Å². The zero-order chi connectivity index (χ0) is 20.7. The number of nitrogens with one attached hydrogen (secondary N) is 2. The molecule has 1 aromatic carbocycles. The van der Waals surface area contributed by atoms with Gasteiger partial charge in [0, 0.05) is 6.54 Å². The first-order valence-electron chi connectivity index (χ1n) is 9.87. The van der Waals surface area contributed by atoms with E-state index < -0.39 is 24.9 Å². The molecule has 2 rings (SSSR count). The summed E-state index contributed by atoms with van der Waals surface area (Å²) in [7, 11) is -0.0793. The fraction of sp³-hybridized carbons (Fsp3) is 0.600. The number of rotatable bonds is 11. The Morgan fingerprint density at radius 1 is 1.25 bits per heavy atom. The van der Waals surface area contributed by atoms with Crippen molar-refractivity contribution in [2.45, 2.75) is 52.0 Å². The highest BCUT2D eigenvalue weighted by molar-refractivity contribution is 6.43. The third-order valence-electron chi connectivity index (χ3n) is 4.91. The fourth-order valence-electron chi connectivity index (χ4n) is 3.16. The van der Waals surface area contributed by atoms with Crippen LogP contribution in [0, 0.1) is 17.8 Å². The van der Waals surface area contributed by atoms with Gasteiger partial charge in [-0.1, -0.05) is 38.8 Å². The van der Waals surface area contributed by atoms with E-state index >= 15 is 0 Å². The first-order chi connectivity index (χ1) is 13.3. The summed E-state index contributed by atoms with van der Waals surface area (Å²) < 4.78 is 5.18. The molecule has 1 aliphatic rings. The minimum Gasteiger partial charge on any atom is -0.497 e. The molecule has 7 nitrogen and oxygen atoms in total. The average Bonchev–Trinajstić information content (AvgIpc) is 3.47. The zero-order valence-electron chi connectivity index (χ0n) is 16.9. The van der Waals surface area contributed by atoms with Crippen LogP contribution in [-0.2, 0) is 16.1 Å². The Bertz CT molecular complexity index is 664. The summed E-state index contributed by atoms with van der Waals surface area (Å²) in [6.45, 7) is 4.16. The van der Waals surface area contributed by atoms with Crippen molar-refractivity contribution >= 4 is 18.9 Å². The lowest BCUT2D eigenvalue weighted by Gasteiger charge is -2.23. The maximum atomic E-state index is 12.7. The van der Waals surface area contributed by atoms with Gasteiger partial charge in [-0.05, 0) is 42.4 Å². The molecular weight excluding hydrogens is 359 g/mol. The summed E-state index contributed by atoms with van der Waals surface area (Å²) in [5.41, 5.74) is 0.877. The molecule has 1 unspecified atom stereocenters. The number of carbonyl (C=O) groups is 2. The van der Waals surface area contributed by atoms with Crippen molar-refractivity contribution in [3.8, 4) is 5.75 Å². The molecule has 0 spiro atoms. The number of benzene rings is 1. The molecule has 28 heavy (non-hydrogen) atoms. The third kappa shape index (κ3) is 7.17. The van der Waals surface area contributed by atoms with Crippen LogP contribution in [0.25, 0.3) is 0 Å². The van der Waals surface area contributed by atoms with Crippen LogP contribution < -0.4 is 15.4 Å². The number of hydrogen-bond donors (Lipinski definition) is 4. The van der Waals surface area contributed by atoms with Gasteiger partial charge in [-0.25, -0.2) is 0 Å². The molecule has 1 aromatic rings. The van der Waals surface area contributed by atoms with E-state index in [1.54, 1.807) is 7.11 Å². The van der Waals surface area contributed by atoms with Crippen LogP contribution >= 0.6 is 0 Å². The summed E-state index contributed by atoms with van der Waals surface area (Å²) in [6.07, 6.45) is 2.94. The van der Waals surface area contributed by atoms with Gasteiger partial charge >= 0.3 is 7.12 Å². The van der Waals surface area contributed by atoms with E-state index in [1.165, 1.54) is 0 Å². The molecule has 0 aliphatic heterocycles. The van der Waals surface area contributed by atoms with E-state index in [2.05, 4.69) is 10.6 Å². The van der Waals surface area contributed by atoms with Crippen LogP contribution in [0.4, 0.5) is 0 Å². The lowest BCUT2D eigenvalue weighted by molar-refractivity contribution is -0.136. The summed E-state index contributed by atoms with van der Waals surface area (Å²) in [5.74, 6) is -1.17. The van der Waals surface area contributed by atoms with Gasteiger partial charge in [0.15, 0.2) is 0 Å². The van der Waals surface area contributed by atoms with Crippen molar-refractivity contribution in [2.75, 3.05) is 7.11 Å². The summed E-state index contributed by atoms with van der Waals surface area (Å²) >= 11 is 0. The molecule has 154 valence electrons. The van der Waals surface area contributed by atoms with Crippen molar-refractivity contribution in [3.63, 3.8) is 0 Å². The normalized spacial score (nSPS) is 15.6. The Morgan fingerprint density at radius 2 is 1.96 bits per heavy atom. The van der Waals surface area contributed by atoms with Crippen molar-refractivity contribution in [1.29, 1.82) is 0 Å². The van der Waals surface area contributed by atoms with Crippen LogP contribution in [0.1, 0.15) is 45.1 Å². The average molecular weight is 390 g/mol. The molecule has 0 bridgehead atoms. The Hall–Kier alpha value is -2.06. The van der Waals surface area contributed by atoms with E-state index in [4.69, 9.17) is 4.74 Å². The number of hydrogen-bond acceptors (Lipinski definition) is 5. The van der Waals surface area contributed by atoms with Gasteiger partial charge < -0.3 is 25.4 Å². The molecule has 1 saturated carbocycles. The van der Waals surface area contributed by atoms with Crippen molar-refractivity contribution < 1.29 is 24.4 Å². The highest BCUT2D eigenvalue weighted by Gasteiger charge is 2.36. The van der Waals surface area contributed by atoms with Gasteiger partial charge in [0.1, 0.15) is 11.7 Å². The Balaban J connectivity index is 2.00. The SMILES string of the molecule is COc1cccc(CNC(=O)C(CC2CC2)C(=O)N[C@@H](CC(C)C)B(O)O)c1. The van der Waals surface area contributed by atoms with Gasteiger partial charge in [-0.2, -0.15) is 0 Å². The molecule has 0 aromatic heterocycles. The summed E-state index contributed by atoms with van der Waals surface area (Å²) in [6, 6.07) is 7.37. The quantitative estimate of drug-likeness (QED) is 0.336. The van der Waals surface area contributed by atoms with E-state index in [9.17, 15) is 19.6 Å². The molecule has 0 radical (unpaired) electrons. The molecule has 2 atom stereocenters. The second-order valence-corrected chi connectivity index (χ2v) is 7.96. The van der Waals surface area contributed by atoms with Crippen molar-refractivity contribution in [1.82, 2.24) is 10.6 Å². The lowest BCUT2D eigenvalue weighted by Crippen LogP contribution is -2.51. The predicted molar refractivity (Wildman–Crippen MR) is 107 cm³/mol. The molecule has 1 fully saturated rings. The number of ether oxygens (including phenoxy) is 1. The van der Waals surface area contributed by atoms with E-state index in [0.29, 0.717) is 31.1 Å². The van der Waals surface area contributed by atoms with Crippen LogP contribution in [0.3, 0.4) is 0 Å². The Labute approximate surface area is 167 Å². The van der Waals surface area contributed by atoms with Crippen LogP contribution in [0.15, 0.2) is 24.3 Å². The van der Waals surface area contributed by atoms with E-state index in [1.807, 2.05) is 38.1 Å². The molecule has 0 saturated heterocycles. The summed E-state index contributed by atoms with van der Waals surface area (Å²) in [4.78, 5) is 25.5. The fourth-order valence-corrected chi connectivity index (χ4v) is 3.16. The third-order valence-corrected chi connectivity index (χ3v) is 4.91. The second kappa shape index (κ2) is 10.5. The summed E-state index contributed by atoms with van der Waals surface area (Å²) in [5, 5.41) is 24.6. The lowest BCUT2D eigenvalue weighted by atomic mass is 9.74. The maximum Gasteiger partial charge on any atom is 0.475 e. The van der Waals surface area contributed by atoms with E-state index in [-0.39, 0.29) is 11.8 Å². The van der Waals surface area contributed by atoms with Crippen molar-refractivity contribution in [2.24, 2.45) is 17.8 Å². The smallest absolute Gasteiger partial charge is 0.475 e. The molecule has 8 heteroatoms. The first kappa shape index (κ1) is 22.2. The number of amides is 2. The minimum absolute atomic E-state index is 0.177. The minimum atomic E-state index is -1.66. The zero-order valence-corrected chi connectivity index (χ0v) is 16.9. The number of carbonyl (C=O) groups excluding carboxylic acids is 2. The molecule has 0 heterocycles. The largest absolute Gasteiger partial charge is 0.497 e. The Kier molecular flexibility index (Phi) is 8.32. The molecular formula is C20H31BN2O5. The predicted octanol–water partition coefficient (Wildman–Crippen LogP) is 1.27. The molecule has 2 amide bonds. The molecule has 4 N–H and O–H groups in total. The highest BCUT2D eigenvalue weighted by atomic mass is 16.5. The van der Waals surface area contributed by atoms with Gasteiger partial charge in [0.05, 0.1) is 13.1 Å². The standard InChI is InChI=1S/C20H31BN2O5/c1-13(2)9-18(21(26)27)23-20(25)17(11-14-7-8-14)19(24)22-12-15-5-4-6-16(10-15)28-3/h4-6,10,13-14,17-18,26-27H,7-9,11-12H2,1-3H3,(H,22,24)(H,23,25)/t17?,18-/m0/s1. The van der Waals surface area contributed by atoms with E-state index in [0.717, 1.165) is 18.4 Å². The Morgan fingerprint density at radius 3 is 2.54 bits per heavy atom. The molecule has 1 aliphatic carbocycles. The van der Waals surface area contributed by atoms with Crippen LogP contribution in [0.5, 0.6) is 5.75 Å². The van der Waals surface area contributed by atoms with Crippen LogP contribution in [0.2, 0.25) is 0 Å². The topological polar surface area (TPSA) is 108 Å². The van der Waals surface area contributed by atoms with Gasteiger partial charge in [0.2, 0.25) is 11.8 Å². The van der Waals surface area contributed by atoms with Gasteiger partial charge in [0.25, 0.3) is 0 Å². The van der Waals surface area contributed by atoms with Gasteiger partial charge in [-0.15, -0.1) is 0 Å². The second-order valence-electron chi connectivity index (χ2n) is 7.96. The van der Waals surface area contributed by atoms with Crippen LogP contribution in [-0.4, -0.2) is 42.0 Å².